The highest BCUT2D eigenvalue weighted by Crippen LogP contribution is 2.40. The van der Waals surface area contributed by atoms with Crippen LogP contribution in [0, 0.1) is 5.82 Å². The summed E-state index contributed by atoms with van der Waals surface area (Å²) in [5.74, 6) is 0.629. The molecule has 0 saturated carbocycles. The Hall–Kier alpha value is -2.33. The molecule has 0 spiro atoms. The first kappa shape index (κ1) is 15.6. The number of halogens is 2. The molecule has 5 heteroatoms. The molecule has 0 aliphatic heterocycles. The molecule has 3 rings (SSSR count). The zero-order valence-electron chi connectivity index (χ0n) is 12.9. The molecule has 0 unspecified atom stereocenters. The summed E-state index contributed by atoms with van der Waals surface area (Å²) in [7, 11) is 0. The van der Waals surface area contributed by atoms with Gasteiger partial charge < -0.3 is 9.40 Å². The summed E-state index contributed by atoms with van der Waals surface area (Å²) in [6, 6.07) is 3.17. The standard InChI is InChI=1S/C18H16ClFN2O/c1-3-5-11(6-4-2)17-15(18-21-9-10-22-18)14-13(23-17)8-7-12(19)16(14)20/h3,5-10H,4H2,1-2H3,(H,21,22)/b5-3-,11-6+. The second-order valence-electron chi connectivity index (χ2n) is 5.05. The molecule has 2 heterocycles. The Labute approximate surface area is 138 Å². The largest absolute Gasteiger partial charge is 0.455 e. The Kier molecular flexibility index (Phi) is 4.35. The highest BCUT2D eigenvalue weighted by atomic mass is 35.5. The van der Waals surface area contributed by atoms with E-state index in [0.717, 1.165) is 12.0 Å². The lowest BCUT2D eigenvalue weighted by Gasteiger charge is -2.02. The number of rotatable bonds is 4. The van der Waals surface area contributed by atoms with Crippen LogP contribution in [0.3, 0.4) is 0 Å². The van der Waals surface area contributed by atoms with E-state index >= 15 is 0 Å². The minimum Gasteiger partial charge on any atom is -0.455 e. The third kappa shape index (κ3) is 2.70. The fraction of sp³-hybridized carbons (Fsp3) is 0.167. The predicted octanol–water partition coefficient (Wildman–Crippen LogP) is 5.98. The summed E-state index contributed by atoms with van der Waals surface area (Å²) in [6.45, 7) is 3.96. The molecule has 23 heavy (non-hydrogen) atoms. The summed E-state index contributed by atoms with van der Waals surface area (Å²) in [5.41, 5.74) is 1.91. The van der Waals surface area contributed by atoms with Crippen molar-refractivity contribution in [3.8, 4) is 11.4 Å². The molecule has 0 bridgehead atoms. The number of furan rings is 1. The summed E-state index contributed by atoms with van der Waals surface area (Å²) in [5, 5.41) is 0.402. The van der Waals surface area contributed by atoms with Crippen molar-refractivity contribution in [2.45, 2.75) is 20.3 Å². The molecule has 3 nitrogen and oxygen atoms in total. The number of aromatic nitrogens is 2. The molecule has 1 N–H and O–H groups in total. The van der Waals surface area contributed by atoms with E-state index in [1.54, 1.807) is 18.5 Å². The van der Waals surface area contributed by atoms with E-state index < -0.39 is 5.82 Å². The molecule has 0 aliphatic carbocycles. The van der Waals surface area contributed by atoms with Crippen molar-refractivity contribution in [1.82, 2.24) is 9.97 Å². The van der Waals surface area contributed by atoms with Crippen LogP contribution in [-0.2, 0) is 0 Å². The molecule has 0 saturated heterocycles. The minimum atomic E-state index is -0.498. The number of hydrogen-bond donors (Lipinski definition) is 1. The number of nitrogens with zero attached hydrogens (tertiary/aromatic N) is 1. The fourth-order valence-electron chi connectivity index (χ4n) is 2.59. The van der Waals surface area contributed by atoms with E-state index in [2.05, 4.69) is 9.97 Å². The number of fused-ring (bicyclic) bond motifs is 1. The molecule has 3 aromatic rings. The van der Waals surface area contributed by atoms with Crippen LogP contribution in [0.1, 0.15) is 26.0 Å². The predicted molar refractivity (Wildman–Crippen MR) is 91.8 cm³/mol. The summed E-state index contributed by atoms with van der Waals surface area (Å²) in [6.07, 6.45) is 10.0. The van der Waals surface area contributed by atoms with E-state index in [1.807, 2.05) is 32.1 Å². The maximum Gasteiger partial charge on any atom is 0.153 e. The summed E-state index contributed by atoms with van der Waals surface area (Å²) < 4.78 is 20.6. The molecule has 0 aliphatic rings. The first-order chi connectivity index (χ1) is 11.2. The molecular formula is C18H16ClFN2O. The van der Waals surface area contributed by atoms with E-state index in [9.17, 15) is 4.39 Å². The van der Waals surface area contributed by atoms with Crippen LogP contribution < -0.4 is 0 Å². The molecule has 0 radical (unpaired) electrons. The average molecular weight is 331 g/mol. The van der Waals surface area contributed by atoms with Gasteiger partial charge in [0.15, 0.2) is 5.82 Å². The lowest BCUT2D eigenvalue weighted by Crippen LogP contribution is -1.88. The van der Waals surface area contributed by atoms with Crippen molar-refractivity contribution in [3.05, 3.63) is 59.4 Å². The zero-order chi connectivity index (χ0) is 16.4. The number of allylic oxidation sites excluding steroid dienone is 4. The van der Waals surface area contributed by atoms with Crippen molar-refractivity contribution in [2.24, 2.45) is 0 Å². The first-order valence-electron chi connectivity index (χ1n) is 7.40. The molecule has 0 fully saturated rings. The highest BCUT2D eigenvalue weighted by Gasteiger charge is 2.23. The SMILES string of the molecule is C/C=C\C(=C/CC)c1oc2ccc(Cl)c(F)c2c1-c1ncc[nH]1. The van der Waals surface area contributed by atoms with Gasteiger partial charge in [0.1, 0.15) is 17.2 Å². The zero-order valence-corrected chi connectivity index (χ0v) is 13.6. The molecule has 0 amide bonds. The maximum absolute atomic E-state index is 14.6. The number of H-pyrrole nitrogens is 1. The topological polar surface area (TPSA) is 41.8 Å². The Bertz CT molecular complexity index is 892. The van der Waals surface area contributed by atoms with Gasteiger partial charge in [-0.1, -0.05) is 36.8 Å². The van der Waals surface area contributed by atoms with E-state index in [0.29, 0.717) is 28.1 Å². The molecule has 118 valence electrons. The number of imidazole rings is 1. The lowest BCUT2D eigenvalue weighted by atomic mass is 10.0. The van der Waals surface area contributed by atoms with Crippen LogP contribution >= 0.6 is 11.6 Å². The van der Waals surface area contributed by atoms with Gasteiger partial charge in [0.25, 0.3) is 0 Å². The fourth-order valence-corrected chi connectivity index (χ4v) is 2.75. The van der Waals surface area contributed by atoms with Crippen LogP contribution in [0.5, 0.6) is 0 Å². The average Bonchev–Trinajstić information content (AvgIpc) is 3.18. The van der Waals surface area contributed by atoms with Gasteiger partial charge in [-0.15, -0.1) is 0 Å². The number of aromatic amines is 1. The molecule has 1 aromatic carbocycles. The lowest BCUT2D eigenvalue weighted by molar-refractivity contribution is 0.598. The maximum atomic E-state index is 14.6. The van der Waals surface area contributed by atoms with Crippen LogP contribution in [0.15, 0.2) is 47.2 Å². The van der Waals surface area contributed by atoms with Crippen molar-refractivity contribution in [1.29, 1.82) is 0 Å². The second kappa shape index (κ2) is 6.42. The third-order valence-corrected chi connectivity index (χ3v) is 3.81. The molecular weight excluding hydrogens is 315 g/mol. The van der Waals surface area contributed by atoms with Crippen molar-refractivity contribution < 1.29 is 8.81 Å². The van der Waals surface area contributed by atoms with Gasteiger partial charge in [0.2, 0.25) is 0 Å². The van der Waals surface area contributed by atoms with Crippen LogP contribution in [0.2, 0.25) is 5.02 Å². The summed E-state index contributed by atoms with van der Waals surface area (Å²) in [4.78, 5) is 7.29. The molecule has 2 aromatic heterocycles. The quantitative estimate of drug-likeness (QED) is 0.597. The third-order valence-electron chi connectivity index (χ3n) is 3.51. The van der Waals surface area contributed by atoms with Gasteiger partial charge >= 0.3 is 0 Å². The van der Waals surface area contributed by atoms with Gasteiger partial charge in [-0.05, 0) is 25.5 Å². The Morgan fingerprint density at radius 1 is 1.43 bits per heavy atom. The monoisotopic (exact) mass is 330 g/mol. The normalized spacial score (nSPS) is 12.6. The Balaban J connectivity index is 2.40. The number of nitrogens with one attached hydrogen (secondary N) is 1. The van der Waals surface area contributed by atoms with E-state index in [1.165, 1.54) is 6.07 Å². The number of hydrogen-bond acceptors (Lipinski definition) is 2. The van der Waals surface area contributed by atoms with Gasteiger partial charge in [-0.25, -0.2) is 9.37 Å². The Morgan fingerprint density at radius 3 is 2.91 bits per heavy atom. The van der Waals surface area contributed by atoms with Crippen LogP contribution in [0.25, 0.3) is 27.9 Å². The van der Waals surface area contributed by atoms with E-state index in [-0.39, 0.29) is 5.02 Å². The van der Waals surface area contributed by atoms with Crippen molar-refractivity contribution in [3.63, 3.8) is 0 Å². The second-order valence-corrected chi connectivity index (χ2v) is 5.45. The Morgan fingerprint density at radius 2 is 2.26 bits per heavy atom. The highest BCUT2D eigenvalue weighted by molar-refractivity contribution is 6.31. The summed E-state index contributed by atoms with van der Waals surface area (Å²) >= 11 is 5.96. The van der Waals surface area contributed by atoms with Gasteiger partial charge in [0, 0.05) is 18.0 Å². The smallest absolute Gasteiger partial charge is 0.153 e. The number of benzene rings is 1. The first-order valence-corrected chi connectivity index (χ1v) is 7.78. The van der Waals surface area contributed by atoms with Crippen molar-refractivity contribution in [2.75, 3.05) is 0 Å². The molecule has 0 atom stereocenters. The van der Waals surface area contributed by atoms with Gasteiger partial charge in [-0.3, -0.25) is 0 Å². The van der Waals surface area contributed by atoms with Gasteiger partial charge in [-0.2, -0.15) is 0 Å². The van der Waals surface area contributed by atoms with Crippen LogP contribution in [-0.4, -0.2) is 9.97 Å². The van der Waals surface area contributed by atoms with Gasteiger partial charge in [0.05, 0.1) is 16.0 Å². The van der Waals surface area contributed by atoms with Crippen molar-refractivity contribution >= 4 is 28.1 Å². The van der Waals surface area contributed by atoms with Crippen LogP contribution in [0.4, 0.5) is 4.39 Å². The van der Waals surface area contributed by atoms with E-state index in [4.69, 9.17) is 16.0 Å². The minimum absolute atomic E-state index is 0.0599.